The molecule has 2 rings (SSSR count). The van der Waals surface area contributed by atoms with Crippen LogP contribution in [0.2, 0.25) is 0 Å². The highest BCUT2D eigenvalue weighted by molar-refractivity contribution is 5.66. The van der Waals surface area contributed by atoms with Gasteiger partial charge in [-0.1, -0.05) is 12.1 Å². The summed E-state index contributed by atoms with van der Waals surface area (Å²) < 4.78 is 0. The normalized spacial score (nSPS) is 10.5. The Kier molecular flexibility index (Phi) is 4.17. The quantitative estimate of drug-likeness (QED) is 0.909. The van der Waals surface area contributed by atoms with Crippen LogP contribution in [0, 0.1) is 13.8 Å². The number of aryl methyl sites for hydroxylation is 2. The Bertz CT molecular complexity index is 564. The molecule has 0 atom stereocenters. The predicted molar refractivity (Wildman–Crippen MR) is 81.0 cm³/mol. The third-order valence-corrected chi connectivity index (χ3v) is 3.22. The summed E-state index contributed by atoms with van der Waals surface area (Å²) in [5.41, 5.74) is 5.91. The SMILES string of the molecule is CNCc1cnc(C)cc1N(C)c1cccc(C)c1. The smallest absolute Gasteiger partial charge is 0.0487 e. The first-order valence-corrected chi connectivity index (χ1v) is 6.52. The lowest BCUT2D eigenvalue weighted by molar-refractivity contribution is 0.810. The van der Waals surface area contributed by atoms with Gasteiger partial charge in [-0.2, -0.15) is 0 Å². The van der Waals surface area contributed by atoms with E-state index in [1.807, 2.05) is 20.2 Å². The van der Waals surface area contributed by atoms with Crippen LogP contribution in [-0.2, 0) is 6.54 Å². The summed E-state index contributed by atoms with van der Waals surface area (Å²) in [6.07, 6.45) is 1.95. The average molecular weight is 255 g/mol. The lowest BCUT2D eigenvalue weighted by Gasteiger charge is -2.23. The van der Waals surface area contributed by atoms with Crippen LogP contribution in [0.1, 0.15) is 16.8 Å². The Labute approximate surface area is 115 Å². The number of benzene rings is 1. The van der Waals surface area contributed by atoms with E-state index in [0.29, 0.717) is 0 Å². The van der Waals surface area contributed by atoms with Gasteiger partial charge in [0, 0.05) is 42.4 Å². The molecular weight excluding hydrogens is 234 g/mol. The molecule has 0 spiro atoms. The Morgan fingerprint density at radius 2 is 2.00 bits per heavy atom. The van der Waals surface area contributed by atoms with Gasteiger partial charge < -0.3 is 10.2 Å². The summed E-state index contributed by atoms with van der Waals surface area (Å²) in [4.78, 5) is 6.60. The standard InChI is InChI=1S/C16H21N3/c1-12-6-5-7-15(8-12)19(4)16-9-13(2)18-11-14(16)10-17-3/h5-9,11,17H,10H2,1-4H3. The highest BCUT2D eigenvalue weighted by Gasteiger charge is 2.10. The van der Waals surface area contributed by atoms with E-state index in [2.05, 4.69) is 59.5 Å². The third-order valence-electron chi connectivity index (χ3n) is 3.22. The summed E-state index contributed by atoms with van der Waals surface area (Å²) in [5, 5.41) is 3.19. The molecule has 2 aromatic rings. The molecule has 100 valence electrons. The Morgan fingerprint density at radius 1 is 1.21 bits per heavy atom. The van der Waals surface area contributed by atoms with Crippen molar-refractivity contribution in [3.63, 3.8) is 0 Å². The van der Waals surface area contributed by atoms with Gasteiger partial charge in [-0.3, -0.25) is 4.98 Å². The van der Waals surface area contributed by atoms with E-state index in [9.17, 15) is 0 Å². The van der Waals surface area contributed by atoms with E-state index in [1.54, 1.807) is 0 Å². The van der Waals surface area contributed by atoms with Crippen molar-refractivity contribution in [2.24, 2.45) is 0 Å². The fraction of sp³-hybridized carbons (Fsp3) is 0.312. The summed E-state index contributed by atoms with van der Waals surface area (Å²) >= 11 is 0. The maximum Gasteiger partial charge on any atom is 0.0487 e. The van der Waals surface area contributed by atoms with E-state index in [4.69, 9.17) is 0 Å². The highest BCUT2D eigenvalue weighted by Crippen LogP contribution is 2.27. The summed E-state index contributed by atoms with van der Waals surface area (Å²) in [7, 11) is 4.05. The molecule has 0 saturated carbocycles. The number of hydrogen-bond acceptors (Lipinski definition) is 3. The minimum Gasteiger partial charge on any atom is -0.344 e. The van der Waals surface area contributed by atoms with Gasteiger partial charge in [0.2, 0.25) is 0 Å². The fourth-order valence-electron chi connectivity index (χ4n) is 2.19. The van der Waals surface area contributed by atoms with Crippen molar-refractivity contribution >= 4 is 11.4 Å². The molecule has 0 unspecified atom stereocenters. The van der Waals surface area contributed by atoms with Crippen molar-refractivity contribution in [2.45, 2.75) is 20.4 Å². The van der Waals surface area contributed by atoms with Crippen LogP contribution < -0.4 is 10.2 Å². The van der Waals surface area contributed by atoms with Gasteiger partial charge in [-0.25, -0.2) is 0 Å². The maximum atomic E-state index is 4.39. The Balaban J connectivity index is 2.42. The molecule has 0 radical (unpaired) electrons. The third kappa shape index (κ3) is 3.12. The van der Waals surface area contributed by atoms with Crippen molar-refractivity contribution in [1.29, 1.82) is 0 Å². The first-order valence-electron chi connectivity index (χ1n) is 6.52. The second kappa shape index (κ2) is 5.85. The van der Waals surface area contributed by atoms with Gasteiger partial charge in [0.15, 0.2) is 0 Å². The van der Waals surface area contributed by atoms with Crippen LogP contribution in [-0.4, -0.2) is 19.1 Å². The predicted octanol–water partition coefficient (Wildman–Crippen LogP) is 3.19. The molecule has 1 aromatic carbocycles. The molecule has 0 saturated heterocycles. The van der Waals surface area contributed by atoms with Crippen LogP contribution in [0.5, 0.6) is 0 Å². The number of nitrogens with one attached hydrogen (secondary N) is 1. The Morgan fingerprint density at radius 3 is 2.68 bits per heavy atom. The van der Waals surface area contributed by atoms with Gasteiger partial charge in [-0.05, 0) is 44.7 Å². The van der Waals surface area contributed by atoms with Crippen molar-refractivity contribution in [3.8, 4) is 0 Å². The molecule has 0 fully saturated rings. The van der Waals surface area contributed by atoms with Gasteiger partial charge >= 0.3 is 0 Å². The van der Waals surface area contributed by atoms with Crippen molar-refractivity contribution < 1.29 is 0 Å². The van der Waals surface area contributed by atoms with E-state index in [-0.39, 0.29) is 0 Å². The summed E-state index contributed by atoms with van der Waals surface area (Å²) in [6, 6.07) is 10.7. The first-order chi connectivity index (χ1) is 9.11. The molecular formula is C16H21N3. The van der Waals surface area contributed by atoms with Crippen LogP contribution in [0.3, 0.4) is 0 Å². The topological polar surface area (TPSA) is 28.2 Å². The zero-order valence-corrected chi connectivity index (χ0v) is 12.1. The van der Waals surface area contributed by atoms with Crippen molar-refractivity contribution in [3.05, 3.63) is 53.3 Å². The number of pyridine rings is 1. The Hall–Kier alpha value is -1.87. The molecule has 1 heterocycles. The minimum atomic E-state index is 0.818. The second-order valence-corrected chi connectivity index (χ2v) is 4.88. The number of anilines is 2. The molecule has 0 amide bonds. The van der Waals surface area contributed by atoms with E-state index < -0.39 is 0 Å². The molecule has 0 aliphatic carbocycles. The molecule has 0 aliphatic rings. The molecule has 3 nitrogen and oxygen atoms in total. The van der Waals surface area contributed by atoms with E-state index in [0.717, 1.165) is 12.2 Å². The van der Waals surface area contributed by atoms with Crippen LogP contribution in [0.25, 0.3) is 0 Å². The second-order valence-electron chi connectivity index (χ2n) is 4.88. The van der Waals surface area contributed by atoms with Crippen molar-refractivity contribution in [2.75, 3.05) is 19.0 Å². The maximum absolute atomic E-state index is 4.39. The number of aromatic nitrogens is 1. The summed E-state index contributed by atoms with van der Waals surface area (Å²) in [5.74, 6) is 0. The monoisotopic (exact) mass is 255 g/mol. The zero-order valence-electron chi connectivity index (χ0n) is 12.1. The molecule has 1 N–H and O–H groups in total. The van der Waals surface area contributed by atoms with E-state index in [1.165, 1.54) is 22.5 Å². The number of hydrogen-bond donors (Lipinski definition) is 1. The fourth-order valence-corrected chi connectivity index (χ4v) is 2.19. The summed E-state index contributed by atoms with van der Waals surface area (Å²) in [6.45, 7) is 4.96. The molecule has 19 heavy (non-hydrogen) atoms. The van der Waals surface area contributed by atoms with Gasteiger partial charge in [0.25, 0.3) is 0 Å². The van der Waals surface area contributed by atoms with Crippen LogP contribution in [0.15, 0.2) is 36.5 Å². The minimum absolute atomic E-state index is 0.818. The largest absolute Gasteiger partial charge is 0.344 e. The average Bonchev–Trinajstić information content (AvgIpc) is 2.40. The molecule has 0 bridgehead atoms. The highest BCUT2D eigenvalue weighted by atomic mass is 15.1. The lowest BCUT2D eigenvalue weighted by Crippen LogP contribution is -2.15. The molecule has 3 heteroatoms. The van der Waals surface area contributed by atoms with Gasteiger partial charge in [0.05, 0.1) is 0 Å². The lowest BCUT2D eigenvalue weighted by atomic mass is 10.1. The van der Waals surface area contributed by atoms with Crippen molar-refractivity contribution in [1.82, 2.24) is 10.3 Å². The number of rotatable bonds is 4. The first kappa shape index (κ1) is 13.6. The van der Waals surface area contributed by atoms with Crippen LogP contribution >= 0.6 is 0 Å². The van der Waals surface area contributed by atoms with Gasteiger partial charge in [-0.15, -0.1) is 0 Å². The zero-order chi connectivity index (χ0) is 13.8. The molecule has 0 aliphatic heterocycles. The molecule has 1 aromatic heterocycles. The number of nitrogens with zero attached hydrogens (tertiary/aromatic N) is 2. The van der Waals surface area contributed by atoms with Gasteiger partial charge in [0.1, 0.15) is 0 Å². The van der Waals surface area contributed by atoms with Crippen LogP contribution in [0.4, 0.5) is 11.4 Å². The van der Waals surface area contributed by atoms with E-state index >= 15 is 0 Å².